The highest BCUT2D eigenvalue weighted by molar-refractivity contribution is 4.73. The SMILES string of the molecule is CCNC(CCCOC)CC1CCCCCC1. The molecule has 0 aromatic carbocycles. The fourth-order valence-corrected chi connectivity index (χ4v) is 3.07. The molecular weight excluding hydrogens is 210 g/mol. The average Bonchev–Trinajstić information content (AvgIpc) is 2.58. The molecular formula is C15H31NO. The van der Waals surface area contributed by atoms with E-state index in [9.17, 15) is 0 Å². The summed E-state index contributed by atoms with van der Waals surface area (Å²) in [7, 11) is 1.80. The molecule has 0 saturated heterocycles. The molecule has 0 aromatic rings. The lowest BCUT2D eigenvalue weighted by Gasteiger charge is -2.23. The summed E-state index contributed by atoms with van der Waals surface area (Å²) in [6.07, 6.45) is 12.6. The van der Waals surface area contributed by atoms with Gasteiger partial charge in [-0.2, -0.15) is 0 Å². The van der Waals surface area contributed by atoms with Gasteiger partial charge in [0.05, 0.1) is 0 Å². The molecule has 0 spiro atoms. The molecule has 1 rings (SSSR count). The van der Waals surface area contributed by atoms with E-state index in [0.29, 0.717) is 0 Å². The molecule has 17 heavy (non-hydrogen) atoms. The number of nitrogens with one attached hydrogen (secondary N) is 1. The highest BCUT2D eigenvalue weighted by Gasteiger charge is 2.17. The van der Waals surface area contributed by atoms with E-state index >= 15 is 0 Å². The predicted octanol–water partition coefficient (Wildman–Crippen LogP) is 3.75. The van der Waals surface area contributed by atoms with E-state index in [2.05, 4.69) is 12.2 Å². The summed E-state index contributed by atoms with van der Waals surface area (Å²) >= 11 is 0. The van der Waals surface area contributed by atoms with Crippen molar-refractivity contribution in [1.82, 2.24) is 5.32 Å². The Balaban J connectivity index is 2.25. The summed E-state index contributed by atoms with van der Waals surface area (Å²) in [6, 6.07) is 0.721. The molecule has 1 fully saturated rings. The Morgan fingerprint density at radius 1 is 1.18 bits per heavy atom. The summed E-state index contributed by atoms with van der Waals surface area (Å²) in [5.41, 5.74) is 0. The fraction of sp³-hybridized carbons (Fsp3) is 1.00. The first-order chi connectivity index (χ1) is 8.36. The minimum atomic E-state index is 0.721. The first kappa shape index (κ1) is 15.0. The zero-order chi connectivity index (χ0) is 12.3. The van der Waals surface area contributed by atoms with Gasteiger partial charge in [0.2, 0.25) is 0 Å². The zero-order valence-electron chi connectivity index (χ0n) is 11.8. The van der Waals surface area contributed by atoms with Gasteiger partial charge in [0.15, 0.2) is 0 Å². The van der Waals surface area contributed by atoms with Gasteiger partial charge in [0, 0.05) is 19.8 Å². The van der Waals surface area contributed by atoms with Gasteiger partial charge in [-0.1, -0.05) is 45.4 Å². The van der Waals surface area contributed by atoms with E-state index in [0.717, 1.165) is 25.1 Å². The molecule has 0 bridgehead atoms. The van der Waals surface area contributed by atoms with Crippen molar-refractivity contribution < 1.29 is 4.74 Å². The summed E-state index contributed by atoms with van der Waals surface area (Å²) in [5, 5.41) is 3.65. The van der Waals surface area contributed by atoms with Crippen molar-refractivity contribution in [2.45, 2.75) is 70.8 Å². The van der Waals surface area contributed by atoms with E-state index in [4.69, 9.17) is 4.74 Å². The molecule has 1 N–H and O–H groups in total. The van der Waals surface area contributed by atoms with Gasteiger partial charge < -0.3 is 10.1 Å². The molecule has 102 valence electrons. The maximum Gasteiger partial charge on any atom is 0.0462 e. The van der Waals surface area contributed by atoms with Gasteiger partial charge in [0.1, 0.15) is 0 Å². The van der Waals surface area contributed by atoms with Crippen LogP contribution in [0.1, 0.15) is 64.7 Å². The molecule has 0 radical (unpaired) electrons. The Labute approximate surface area is 108 Å². The van der Waals surface area contributed by atoms with Crippen LogP contribution in [0.4, 0.5) is 0 Å². The minimum Gasteiger partial charge on any atom is -0.385 e. The van der Waals surface area contributed by atoms with Crippen molar-refractivity contribution in [1.29, 1.82) is 0 Å². The average molecular weight is 241 g/mol. The molecule has 1 atom stereocenters. The molecule has 1 saturated carbocycles. The van der Waals surface area contributed by atoms with Crippen molar-refractivity contribution in [2.24, 2.45) is 5.92 Å². The third-order valence-corrected chi connectivity index (χ3v) is 3.99. The van der Waals surface area contributed by atoms with Crippen LogP contribution in [0.15, 0.2) is 0 Å². The third-order valence-electron chi connectivity index (χ3n) is 3.99. The number of hydrogen-bond acceptors (Lipinski definition) is 2. The second kappa shape index (κ2) is 9.90. The summed E-state index contributed by atoms with van der Waals surface area (Å²) in [4.78, 5) is 0. The second-order valence-corrected chi connectivity index (χ2v) is 5.48. The standard InChI is InChI=1S/C15H31NO/c1-3-16-15(11-8-12-17-2)13-14-9-6-4-5-7-10-14/h14-16H,3-13H2,1-2H3. The Morgan fingerprint density at radius 2 is 1.88 bits per heavy atom. The Kier molecular flexibility index (Phi) is 8.72. The van der Waals surface area contributed by atoms with Crippen molar-refractivity contribution >= 4 is 0 Å². The van der Waals surface area contributed by atoms with Crippen LogP contribution in [0.3, 0.4) is 0 Å². The Bertz CT molecular complexity index is 164. The number of hydrogen-bond donors (Lipinski definition) is 1. The Morgan fingerprint density at radius 3 is 2.47 bits per heavy atom. The molecule has 0 heterocycles. The van der Waals surface area contributed by atoms with Crippen LogP contribution < -0.4 is 5.32 Å². The molecule has 2 heteroatoms. The van der Waals surface area contributed by atoms with Gasteiger partial charge in [-0.25, -0.2) is 0 Å². The third kappa shape index (κ3) is 7.05. The van der Waals surface area contributed by atoms with Crippen molar-refractivity contribution in [3.8, 4) is 0 Å². The summed E-state index contributed by atoms with van der Waals surface area (Å²) < 4.78 is 5.15. The molecule has 1 aliphatic rings. The molecule has 0 aliphatic heterocycles. The van der Waals surface area contributed by atoms with Crippen LogP contribution >= 0.6 is 0 Å². The number of ether oxygens (including phenoxy) is 1. The minimum absolute atomic E-state index is 0.721. The predicted molar refractivity (Wildman–Crippen MR) is 74.4 cm³/mol. The van der Waals surface area contributed by atoms with Crippen LogP contribution in [0, 0.1) is 5.92 Å². The highest BCUT2D eigenvalue weighted by atomic mass is 16.5. The largest absolute Gasteiger partial charge is 0.385 e. The van der Waals surface area contributed by atoms with E-state index < -0.39 is 0 Å². The van der Waals surface area contributed by atoms with E-state index in [1.807, 2.05) is 0 Å². The maximum atomic E-state index is 5.15. The van der Waals surface area contributed by atoms with Crippen LogP contribution in [0.5, 0.6) is 0 Å². The smallest absolute Gasteiger partial charge is 0.0462 e. The van der Waals surface area contributed by atoms with Crippen LogP contribution in [-0.4, -0.2) is 26.3 Å². The van der Waals surface area contributed by atoms with Crippen LogP contribution in [-0.2, 0) is 4.74 Å². The van der Waals surface area contributed by atoms with Gasteiger partial charge in [-0.15, -0.1) is 0 Å². The van der Waals surface area contributed by atoms with E-state index in [1.165, 1.54) is 57.8 Å². The lowest BCUT2D eigenvalue weighted by atomic mass is 9.91. The van der Waals surface area contributed by atoms with Crippen molar-refractivity contribution in [2.75, 3.05) is 20.3 Å². The molecule has 0 aromatic heterocycles. The Hall–Kier alpha value is -0.0800. The van der Waals surface area contributed by atoms with E-state index in [1.54, 1.807) is 7.11 Å². The van der Waals surface area contributed by atoms with Gasteiger partial charge >= 0.3 is 0 Å². The quantitative estimate of drug-likeness (QED) is 0.516. The van der Waals surface area contributed by atoms with Gasteiger partial charge in [-0.05, 0) is 31.7 Å². The first-order valence-electron chi connectivity index (χ1n) is 7.59. The highest BCUT2D eigenvalue weighted by Crippen LogP contribution is 2.27. The summed E-state index contributed by atoms with van der Waals surface area (Å²) in [5.74, 6) is 0.976. The lowest BCUT2D eigenvalue weighted by Crippen LogP contribution is -2.31. The van der Waals surface area contributed by atoms with Crippen molar-refractivity contribution in [3.05, 3.63) is 0 Å². The van der Waals surface area contributed by atoms with Crippen LogP contribution in [0.2, 0.25) is 0 Å². The monoisotopic (exact) mass is 241 g/mol. The van der Waals surface area contributed by atoms with Gasteiger partial charge in [0.25, 0.3) is 0 Å². The fourth-order valence-electron chi connectivity index (χ4n) is 3.07. The topological polar surface area (TPSA) is 21.3 Å². The molecule has 1 unspecified atom stereocenters. The number of rotatable bonds is 8. The van der Waals surface area contributed by atoms with Gasteiger partial charge in [-0.3, -0.25) is 0 Å². The second-order valence-electron chi connectivity index (χ2n) is 5.48. The first-order valence-corrected chi connectivity index (χ1v) is 7.59. The molecule has 0 amide bonds. The number of methoxy groups -OCH3 is 1. The lowest BCUT2D eigenvalue weighted by molar-refractivity contribution is 0.186. The van der Waals surface area contributed by atoms with Crippen molar-refractivity contribution in [3.63, 3.8) is 0 Å². The molecule has 2 nitrogen and oxygen atoms in total. The van der Waals surface area contributed by atoms with E-state index in [-0.39, 0.29) is 0 Å². The normalized spacial score (nSPS) is 20.1. The maximum absolute atomic E-state index is 5.15. The zero-order valence-corrected chi connectivity index (χ0v) is 11.8. The molecule has 1 aliphatic carbocycles. The summed E-state index contributed by atoms with van der Waals surface area (Å²) in [6.45, 7) is 4.23. The van der Waals surface area contributed by atoms with Crippen LogP contribution in [0.25, 0.3) is 0 Å².